The van der Waals surface area contributed by atoms with Crippen LogP contribution in [0.5, 0.6) is 0 Å². The van der Waals surface area contributed by atoms with Crippen LogP contribution in [0.1, 0.15) is 20.7 Å². The normalized spacial score (nSPS) is 10.4. The third kappa shape index (κ3) is 3.00. The van der Waals surface area contributed by atoms with E-state index < -0.39 is 33.6 Å². The summed E-state index contributed by atoms with van der Waals surface area (Å²) >= 11 is 0. The van der Waals surface area contributed by atoms with Crippen LogP contribution in [0.25, 0.3) is 10.9 Å². The predicted molar refractivity (Wildman–Crippen MR) is 89.8 cm³/mol. The van der Waals surface area contributed by atoms with Crippen LogP contribution in [0, 0.1) is 10.1 Å². The molecule has 0 saturated carbocycles. The number of pyridine rings is 1. The van der Waals surface area contributed by atoms with E-state index in [1.807, 2.05) is 0 Å². The van der Waals surface area contributed by atoms with Crippen molar-refractivity contribution >= 4 is 34.2 Å². The largest absolute Gasteiger partial charge is 0.478 e. The van der Waals surface area contributed by atoms with E-state index in [2.05, 4.69) is 10.3 Å². The molecule has 0 atom stereocenters. The number of nitro groups is 1. The van der Waals surface area contributed by atoms with E-state index in [-0.39, 0.29) is 0 Å². The predicted octanol–water partition coefficient (Wildman–Crippen LogP) is 3.09. The summed E-state index contributed by atoms with van der Waals surface area (Å²) in [6.45, 7) is 0. The number of carbonyl (C=O) groups is 2. The summed E-state index contributed by atoms with van der Waals surface area (Å²) in [5.74, 6) is -2.31. The number of aromatic nitrogens is 1. The first-order valence-electron chi connectivity index (χ1n) is 7.15. The van der Waals surface area contributed by atoms with Crippen LogP contribution in [0.2, 0.25) is 0 Å². The molecule has 2 aromatic carbocycles. The van der Waals surface area contributed by atoms with E-state index in [0.717, 1.165) is 17.5 Å². The van der Waals surface area contributed by atoms with Gasteiger partial charge in [0, 0.05) is 17.6 Å². The minimum Gasteiger partial charge on any atom is -0.478 e. The van der Waals surface area contributed by atoms with Crippen molar-refractivity contribution in [3.05, 3.63) is 76.0 Å². The minimum atomic E-state index is -1.43. The Morgan fingerprint density at radius 2 is 1.80 bits per heavy atom. The SMILES string of the molecule is O=C(O)c1cccc([N+](=O)[O-])c1C(=O)Nc1cccc2cccnc12. The van der Waals surface area contributed by atoms with Gasteiger partial charge in [0.15, 0.2) is 0 Å². The molecule has 0 aliphatic carbocycles. The molecule has 0 bridgehead atoms. The first kappa shape index (κ1) is 16.1. The Hall–Kier alpha value is -3.81. The first-order valence-corrected chi connectivity index (χ1v) is 7.15. The molecule has 1 aromatic heterocycles. The van der Waals surface area contributed by atoms with Crippen LogP contribution >= 0.6 is 0 Å². The van der Waals surface area contributed by atoms with Crippen molar-refractivity contribution in [1.29, 1.82) is 0 Å². The quantitative estimate of drug-likeness (QED) is 0.557. The molecule has 8 nitrogen and oxygen atoms in total. The molecule has 124 valence electrons. The Morgan fingerprint density at radius 1 is 1.08 bits per heavy atom. The molecule has 0 spiro atoms. The minimum absolute atomic E-state index is 0.331. The second-order valence-electron chi connectivity index (χ2n) is 5.10. The molecule has 0 fully saturated rings. The molecule has 0 saturated heterocycles. The maximum atomic E-state index is 12.6. The van der Waals surface area contributed by atoms with Crippen LogP contribution < -0.4 is 5.32 Å². The van der Waals surface area contributed by atoms with E-state index in [1.54, 1.807) is 36.5 Å². The Morgan fingerprint density at radius 3 is 2.52 bits per heavy atom. The zero-order valence-electron chi connectivity index (χ0n) is 12.7. The van der Waals surface area contributed by atoms with Gasteiger partial charge in [0.25, 0.3) is 11.6 Å². The van der Waals surface area contributed by atoms with Crippen LogP contribution in [-0.2, 0) is 0 Å². The summed E-state index contributed by atoms with van der Waals surface area (Å²) in [6, 6.07) is 12.1. The maximum Gasteiger partial charge on any atom is 0.336 e. The van der Waals surface area contributed by atoms with Crippen molar-refractivity contribution in [2.24, 2.45) is 0 Å². The maximum absolute atomic E-state index is 12.6. The topological polar surface area (TPSA) is 122 Å². The number of nitro benzene ring substituents is 1. The lowest BCUT2D eigenvalue weighted by atomic mass is 10.0. The van der Waals surface area contributed by atoms with Gasteiger partial charge >= 0.3 is 5.97 Å². The molecule has 3 aromatic rings. The first-order chi connectivity index (χ1) is 12.0. The number of rotatable bonds is 4. The summed E-state index contributed by atoms with van der Waals surface area (Å²) in [7, 11) is 0. The number of para-hydroxylation sites is 1. The molecule has 2 N–H and O–H groups in total. The van der Waals surface area contributed by atoms with Gasteiger partial charge in [-0.25, -0.2) is 4.79 Å². The Bertz CT molecular complexity index is 979. The third-order valence-electron chi connectivity index (χ3n) is 3.58. The lowest BCUT2D eigenvalue weighted by molar-refractivity contribution is -0.385. The summed E-state index contributed by atoms with van der Waals surface area (Å²) in [6.07, 6.45) is 1.55. The number of amides is 1. The van der Waals surface area contributed by atoms with Gasteiger partial charge in [-0.3, -0.25) is 19.9 Å². The molecule has 25 heavy (non-hydrogen) atoms. The highest BCUT2D eigenvalue weighted by molar-refractivity contribution is 6.15. The van der Waals surface area contributed by atoms with Gasteiger partial charge in [0.05, 0.1) is 21.7 Å². The third-order valence-corrected chi connectivity index (χ3v) is 3.58. The van der Waals surface area contributed by atoms with Crippen molar-refractivity contribution in [1.82, 2.24) is 4.98 Å². The number of carboxylic acids is 1. The summed E-state index contributed by atoms with van der Waals surface area (Å²) in [5.41, 5.74) is -0.704. The highest BCUT2D eigenvalue weighted by Gasteiger charge is 2.27. The van der Waals surface area contributed by atoms with Gasteiger partial charge in [-0.2, -0.15) is 0 Å². The van der Waals surface area contributed by atoms with E-state index in [1.165, 1.54) is 6.07 Å². The highest BCUT2D eigenvalue weighted by Crippen LogP contribution is 2.26. The summed E-state index contributed by atoms with van der Waals surface area (Å²) < 4.78 is 0. The van der Waals surface area contributed by atoms with E-state index in [9.17, 15) is 24.8 Å². The summed E-state index contributed by atoms with van der Waals surface area (Å²) in [5, 5.41) is 23.7. The average molecular weight is 337 g/mol. The van der Waals surface area contributed by atoms with E-state index >= 15 is 0 Å². The molecule has 8 heteroatoms. The fourth-order valence-electron chi connectivity index (χ4n) is 2.50. The van der Waals surface area contributed by atoms with Crippen LogP contribution in [0.3, 0.4) is 0 Å². The molecule has 0 aliphatic rings. The average Bonchev–Trinajstić information content (AvgIpc) is 2.61. The number of carboxylic acid groups (broad SMARTS) is 1. The molecule has 0 unspecified atom stereocenters. The number of carbonyl (C=O) groups excluding carboxylic acids is 1. The van der Waals surface area contributed by atoms with Crippen molar-refractivity contribution in [2.45, 2.75) is 0 Å². The number of nitrogens with one attached hydrogen (secondary N) is 1. The lowest BCUT2D eigenvalue weighted by Crippen LogP contribution is -2.18. The zero-order valence-corrected chi connectivity index (χ0v) is 12.7. The van der Waals surface area contributed by atoms with Crippen LogP contribution in [-0.4, -0.2) is 26.9 Å². The van der Waals surface area contributed by atoms with Gasteiger partial charge in [0.2, 0.25) is 0 Å². The van der Waals surface area contributed by atoms with Gasteiger partial charge in [0.1, 0.15) is 5.56 Å². The summed E-state index contributed by atoms with van der Waals surface area (Å²) in [4.78, 5) is 38.5. The second-order valence-corrected chi connectivity index (χ2v) is 5.10. The number of fused-ring (bicyclic) bond motifs is 1. The number of hydrogen-bond acceptors (Lipinski definition) is 5. The zero-order chi connectivity index (χ0) is 18.0. The van der Waals surface area contributed by atoms with E-state index in [0.29, 0.717) is 11.2 Å². The van der Waals surface area contributed by atoms with Gasteiger partial charge in [-0.15, -0.1) is 0 Å². The number of nitrogens with zero attached hydrogens (tertiary/aromatic N) is 2. The molecule has 1 heterocycles. The lowest BCUT2D eigenvalue weighted by Gasteiger charge is -2.10. The van der Waals surface area contributed by atoms with Crippen molar-refractivity contribution in [3.8, 4) is 0 Å². The van der Waals surface area contributed by atoms with Crippen molar-refractivity contribution in [3.63, 3.8) is 0 Å². The molecular formula is C17H11N3O5. The van der Waals surface area contributed by atoms with Crippen LogP contribution in [0.15, 0.2) is 54.7 Å². The standard InChI is InChI=1S/C17H11N3O5/c21-16(14-11(17(22)23)6-2-8-13(14)20(24)25)19-12-7-1-4-10-5-3-9-18-15(10)12/h1-9H,(H,19,21)(H,22,23). The monoisotopic (exact) mass is 337 g/mol. The van der Waals surface area contributed by atoms with E-state index in [4.69, 9.17) is 0 Å². The molecular weight excluding hydrogens is 326 g/mol. The number of benzene rings is 2. The Kier molecular flexibility index (Phi) is 4.09. The molecule has 0 radical (unpaired) electrons. The number of aromatic carboxylic acids is 1. The highest BCUT2D eigenvalue weighted by atomic mass is 16.6. The molecule has 3 rings (SSSR count). The number of hydrogen-bond donors (Lipinski definition) is 2. The Balaban J connectivity index is 2.10. The van der Waals surface area contributed by atoms with Gasteiger partial charge in [-0.1, -0.05) is 24.3 Å². The molecule has 1 amide bonds. The van der Waals surface area contributed by atoms with Crippen molar-refractivity contribution in [2.75, 3.05) is 5.32 Å². The van der Waals surface area contributed by atoms with Gasteiger partial charge in [-0.05, 0) is 18.2 Å². The van der Waals surface area contributed by atoms with Gasteiger partial charge < -0.3 is 10.4 Å². The number of anilines is 1. The van der Waals surface area contributed by atoms with Crippen molar-refractivity contribution < 1.29 is 19.6 Å². The molecule has 0 aliphatic heterocycles. The van der Waals surface area contributed by atoms with Crippen LogP contribution in [0.4, 0.5) is 11.4 Å². The fraction of sp³-hybridized carbons (Fsp3) is 0. The Labute approximate surface area is 140 Å². The fourth-order valence-corrected chi connectivity index (χ4v) is 2.50. The smallest absolute Gasteiger partial charge is 0.336 e. The second kappa shape index (κ2) is 6.36.